The minimum Gasteiger partial charge on any atom is -0.297 e. The van der Waals surface area contributed by atoms with Gasteiger partial charge in [-0.05, 0) is 29.2 Å². The van der Waals surface area contributed by atoms with Crippen LogP contribution in [0.5, 0.6) is 0 Å². The summed E-state index contributed by atoms with van der Waals surface area (Å²) in [5.41, 5.74) is 1.15. The average Bonchev–Trinajstić information content (AvgIpc) is 2.54. The largest absolute Gasteiger partial charge is 0.297 e. The third-order valence-corrected chi connectivity index (χ3v) is 3.21. The summed E-state index contributed by atoms with van der Waals surface area (Å²) in [6, 6.07) is 1.92. The Hall–Kier alpha value is -0.565. The Labute approximate surface area is 90.9 Å². The number of unbranched alkanes of at least 4 members (excludes halogenated alkanes) is 3. The van der Waals surface area contributed by atoms with Crippen molar-refractivity contribution in [3.05, 3.63) is 16.5 Å². The van der Waals surface area contributed by atoms with E-state index in [9.17, 15) is 4.79 Å². The minimum atomic E-state index is 0.744. The predicted octanol–water partition coefficient (Wildman–Crippen LogP) is 2.48. The summed E-state index contributed by atoms with van der Waals surface area (Å²) >= 11 is 1.39. The Morgan fingerprint density at radius 1 is 1.43 bits per heavy atom. The van der Waals surface area contributed by atoms with Crippen molar-refractivity contribution < 1.29 is 4.79 Å². The fourth-order valence-corrected chi connectivity index (χ4v) is 2.26. The molecule has 1 heterocycles. The molecule has 0 amide bonds. The SMILES string of the molecule is [B]c1sc(C=O)cc1CCCCCC. The van der Waals surface area contributed by atoms with Crippen molar-refractivity contribution in [3.63, 3.8) is 0 Å². The molecular weight excluding hydrogens is 191 g/mol. The fourth-order valence-electron chi connectivity index (χ4n) is 1.46. The number of rotatable bonds is 6. The Morgan fingerprint density at radius 2 is 2.21 bits per heavy atom. The van der Waals surface area contributed by atoms with E-state index >= 15 is 0 Å². The molecule has 74 valence electrons. The molecule has 0 aliphatic carbocycles. The molecule has 1 nitrogen and oxygen atoms in total. The standard InChI is InChI=1S/C11H15BOS/c1-2-3-4-5-6-9-7-10(8-13)14-11(9)12/h7-8H,2-6H2,1H3. The fraction of sp³-hybridized carbons (Fsp3) is 0.545. The number of thiophene rings is 1. The van der Waals surface area contributed by atoms with Crippen LogP contribution in [-0.4, -0.2) is 14.1 Å². The van der Waals surface area contributed by atoms with Gasteiger partial charge in [-0.25, -0.2) is 0 Å². The lowest BCUT2D eigenvalue weighted by atomic mass is 9.98. The second kappa shape index (κ2) is 6.02. The van der Waals surface area contributed by atoms with Gasteiger partial charge in [0.25, 0.3) is 0 Å². The van der Waals surface area contributed by atoms with Gasteiger partial charge in [0.15, 0.2) is 6.29 Å². The van der Waals surface area contributed by atoms with Crippen LogP contribution in [0, 0.1) is 0 Å². The van der Waals surface area contributed by atoms with E-state index in [0.29, 0.717) is 0 Å². The summed E-state index contributed by atoms with van der Waals surface area (Å²) in [5.74, 6) is 0. The second-order valence-electron chi connectivity index (χ2n) is 3.47. The maximum absolute atomic E-state index is 10.5. The monoisotopic (exact) mass is 206 g/mol. The predicted molar refractivity (Wildman–Crippen MR) is 62.9 cm³/mol. The zero-order chi connectivity index (χ0) is 10.4. The first-order valence-electron chi connectivity index (χ1n) is 5.11. The zero-order valence-electron chi connectivity index (χ0n) is 8.58. The van der Waals surface area contributed by atoms with Gasteiger partial charge in [0.1, 0.15) is 7.85 Å². The molecule has 0 N–H and O–H groups in total. The van der Waals surface area contributed by atoms with E-state index in [-0.39, 0.29) is 0 Å². The summed E-state index contributed by atoms with van der Waals surface area (Å²) in [5, 5.41) is 0. The van der Waals surface area contributed by atoms with Crippen LogP contribution in [-0.2, 0) is 6.42 Å². The third kappa shape index (κ3) is 3.30. The topological polar surface area (TPSA) is 17.1 Å². The zero-order valence-corrected chi connectivity index (χ0v) is 9.40. The molecule has 3 heteroatoms. The molecule has 1 aromatic heterocycles. The molecule has 14 heavy (non-hydrogen) atoms. The molecule has 0 atom stereocenters. The highest BCUT2D eigenvalue weighted by Crippen LogP contribution is 2.12. The van der Waals surface area contributed by atoms with Gasteiger partial charge >= 0.3 is 0 Å². The molecule has 0 aliphatic heterocycles. The average molecular weight is 206 g/mol. The Bertz CT molecular complexity index is 293. The Balaban J connectivity index is 2.41. The van der Waals surface area contributed by atoms with Gasteiger partial charge in [-0.1, -0.05) is 26.2 Å². The molecule has 0 spiro atoms. The number of aldehydes is 1. The molecule has 0 aromatic carbocycles. The molecule has 0 saturated heterocycles. The van der Waals surface area contributed by atoms with Crippen molar-refractivity contribution in [1.82, 2.24) is 0 Å². The van der Waals surface area contributed by atoms with Gasteiger partial charge < -0.3 is 0 Å². The summed E-state index contributed by atoms with van der Waals surface area (Å²) in [6.45, 7) is 2.20. The molecule has 0 bridgehead atoms. The normalized spacial score (nSPS) is 10.4. The highest BCUT2D eigenvalue weighted by Gasteiger charge is 2.03. The number of hydrogen-bond donors (Lipinski definition) is 0. The van der Waals surface area contributed by atoms with Gasteiger partial charge in [0.2, 0.25) is 0 Å². The molecule has 0 aliphatic rings. The van der Waals surface area contributed by atoms with Gasteiger partial charge in [-0.15, -0.1) is 11.3 Å². The first-order valence-corrected chi connectivity index (χ1v) is 5.93. The Morgan fingerprint density at radius 3 is 2.79 bits per heavy atom. The van der Waals surface area contributed by atoms with Crippen molar-refractivity contribution in [2.24, 2.45) is 0 Å². The maximum atomic E-state index is 10.5. The Kier molecular flexibility index (Phi) is 4.95. The van der Waals surface area contributed by atoms with Crippen molar-refractivity contribution in [2.45, 2.75) is 39.0 Å². The van der Waals surface area contributed by atoms with Gasteiger partial charge in [-0.2, -0.15) is 0 Å². The van der Waals surface area contributed by atoms with Crippen LogP contribution in [0.4, 0.5) is 0 Å². The van der Waals surface area contributed by atoms with Crippen LogP contribution in [0.25, 0.3) is 0 Å². The molecule has 0 fully saturated rings. The molecular formula is C11H15BOS. The lowest BCUT2D eigenvalue weighted by Gasteiger charge is -1.99. The van der Waals surface area contributed by atoms with Crippen LogP contribution in [0.2, 0.25) is 0 Å². The van der Waals surface area contributed by atoms with Crippen molar-refractivity contribution in [1.29, 1.82) is 0 Å². The van der Waals surface area contributed by atoms with E-state index in [1.165, 1.54) is 37.0 Å². The number of carbonyl (C=O) groups is 1. The van der Waals surface area contributed by atoms with Crippen LogP contribution < -0.4 is 4.78 Å². The molecule has 1 rings (SSSR count). The van der Waals surface area contributed by atoms with Crippen LogP contribution in [0.3, 0.4) is 0 Å². The van der Waals surface area contributed by atoms with Crippen molar-refractivity contribution >= 4 is 30.2 Å². The molecule has 2 radical (unpaired) electrons. The summed E-state index contributed by atoms with van der Waals surface area (Å²) in [4.78, 5) is 11.2. The second-order valence-corrected chi connectivity index (χ2v) is 4.58. The van der Waals surface area contributed by atoms with Crippen LogP contribution in [0.1, 0.15) is 47.8 Å². The highest BCUT2D eigenvalue weighted by molar-refractivity contribution is 7.21. The van der Waals surface area contributed by atoms with Crippen LogP contribution in [0.15, 0.2) is 6.07 Å². The van der Waals surface area contributed by atoms with E-state index in [1.54, 1.807) is 0 Å². The lowest BCUT2D eigenvalue weighted by Crippen LogP contribution is -2.02. The lowest BCUT2D eigenvalue weighted by molar-refractivity contribution is 0.112. The van der Waals surface area contributed by atoms with E-state index in [4.69, 9.17) is 7.85 Å². The van der Waals surface area contributed by atoms with Gasteiger partial charge in [-0.3, -0.25) is 4.79 Å². The molecule has 0 unspecified atom stereocenters. The van der Waals surface area contributed by atoms with E-state index in [0.717, 1.165) is 27.9 Å². The summed E-state index contributed by atoms with van der Waals surface area (Å²) < 4.78 is 0.809. The quantitative estimate of drug-likeness (QED) is 0.397. The van der Waals surface area contributed by atoms with Gasteiger partial charge in [0.05, 0.1) is 4.88 Å². The number of carbonyl (C=O) groups excluding carboxylic acids is 1. The minimum absolute atomic E-state index is 0.744. The smallest absolute Gasteiger partial charge is 0.159 e. The van der Waals surface area contributed by atoms with Crippen molar-refractivity contribution in [3.8, 4) is 0 Å². The highest BCUT2D eigenvalue weighted by atomic mass is 32.1. The first kappa shape index (κ1) is 11.5. The van der Waals surface area contributed by atoms with E-state index in [2.05, 4.69) is 6.92 Å². The van der Waals surface area contributed by atoms with Crippen molar-refractivity contribution in [2.75, 3.05) is 0 Å². The van der Waals surface area contributed by atoms with E-state index in [1.807, 2.05) is 6.07 Å². The van der Waals surface area contributed by atoms with Gasteiger partial charge in [0, 0.05) is 0 Å². The van der Waals surface area contributed by atoms with E-state index < -0.39 is 0 Å². The number of hydrogen-bond acceptors (Lipinski definition) is 2. The first-order chi connectivity index (χ1) is 6.77. The third-order valence-electron chi connectivity index (χ3n) is 2.28. The summed E-state index contributed by atoms with van der Waals surface area (Å²) in [6.07, 6.45) is 6.84. The maximum Gasteiger partial charge on any atom is 0.159 e. The number of aryl methyl sites for hydroxylation is 1. The molecule has 1 aromatic rings. The van der Waals surface area contributed by atoms with Crippen LogP contribution >= 0.6 is 11.3 Å². The molecule has 0 saturated carbocycles. The summed E-state index contributed by atoms with van der Waals surface area (Å²) in [7, 11) is 5.79.